The van der Waals surface area contributed by atoms with Crippen LogP contribution in [0.15, 0.2) is 24.3 Å². The van der Waals surface area contributed by atoms with E-state index in [9.17, 15) is 4.79 Å². The number of piperazine rings is 1. The summed E-state index contributed by atoms with van der Waals surface area (Å²) in [5, 5.41) is 0. The molecule has 0 atom stereocenters. The first-order chi connectivity index (χ1) is 10.7. The van der Waals surface area contributed by atoms with E-state index in [0.717, 1.165) is 24.2 Å². The molecule has 0 bridgehead atoms. The van der Waals surface area contributed by atoms with Gasteiger partial charge in [0.05, 0.1) is 17.7 Å². The molecule has 0 aromatic heterocycles. The Bertz CT molecular complexity index is 584. The third-order valence-electron chi connectivity index (χ3n) is 5.14. The summed E-state index contributed by atoms with van der Waals surface area (Å²) in [6.45, 7) is 10.3. The number of carbonyl (C=O) groups excluding carboxylic acids is 1. The minimum absolute atomic E-state index is 0.141. The maximum Gasteiger partial charge on any atom is 0.494 e. The van der Waals surface area contributed by atoms with Gasteiger partial charge in [-0.2, -0.15) is 0 Å². The Labute approximate surface area is 138 Å². The van der Waals surface area contributed by atoms with Crippen molar-refractivity contribution in [3.63, 3.8) is 0 Å². The van der Waals surface area contributed by atoms with Crippen LogP contribution in [0.2, 0.25) is 0 Å². The van der Waals surface area contributed by atoms with E-state index < -0.39 is 0 Å². The highest BCUT2D eigenvalue weighted by Gasteiger charge is 2.51. The van der Waals surface area contributed by atoms with Crippen molar-refractivity contribution in [2.24, 2.45) is 0 Å². The first kappa shape index (κ1) is 16.5. The minimum atomic E-state index is -0.364. The number of anilines is 1. The van der Waals surface area contributed by atoms with Gasteiger partial charge in [-0.3, -0.25) is 9.69 Å². The monoisotopic (exact) mass is 316 g/mol. The van der Waals surface area contributed by atoms with E-state index in [1.807, 2.05) is 68.8 Å². The van der Waals surface area contributed by atoms with Crippen LogP contribution in [-0.2, 0) is 14.1 Å². The molecule has 2 aliphatic heterocycles. The smallest absolute Gasteiger partial charge is 0.399 e. The van der Waals surface area contributed by atoms with Crippen molar-refractivity contribution in [3.05, 3.63) is 24.3 Å². The largest absolute Gasteiger partial charge is 0.494 e. The second-order valence-corrected chi connectivity index (χ2v) is 7.46. The summed E-state index contributed by atoms with van der Waals surface area (Å²) in [7, 11) is 1.61. The fraction of sp³-hybridized carbons (Fsp3) is 0.588. The van der Waals surface area contributed by atoms with Gasteiger partial charge >= 0.3 is 7.12 Å². The number of hydrogen-bond donors (Lipinski definition) is 0. The van der Waals surface area contributed by atoms with Crippen molar-refractivity contribution >= 4 is 24.2 Å². The molecule has 0 aliphatic carbocycles. The van der Waals surface area contributed by atoms with E-state index in [1.165, 1.54) is 0 Å². The molecule has 2 aliphatic rings. The molecular weight excluding hydrogens is 291 g/mol. The molecule has 0 N–H and O–H groups in total. The average molecular weight is 316 g/mol. The topological polar surface area (TPSA) is 42.0 Å². The minimum Gasteiger partial charge on any atom is -0.399 e. The quantitative estimate of drug-likeness (QED) is 0.771. The van der Waals surface area contributed by atoms with Gasteiger partial charge in [0, 0.05) is 18.8 Å². The second kappa shape index (κ2) is 5.62. The standard InChI is InChI=1S/C17H25BN2O3/c1-16(2)17(3,4)23-18(22-16)13-6-8-14(9-7-13)20-11-10-19(5)12-15(20)21/h6-9H,10-12H2,1-5H3. The predicted molar refractivity (Wildman–Crippen MR) is 92.0 cm³/mol. The zero-order valence-electron chi connectivity index (χ0n) is 14.6. The molecule has 5 nitrogen and oxygen atoms in total. The number of rotatable bonds is 2. The van der Waals surface area contributed by atoms with Gasteiger partial charge < -0.3 is 14.2 Å². The van der Waals surface area contributed by atoms with Crippen LogP contribution < -0.4 is 10.4 Å². The van der Waals surface area contributed by atoms with E-state index in [1.54, 1.807) is 0 Å². The summed E-state index contributed by atoms with van der Waals surface area (Å²) < 4.78 is 12.1. The highest BCUT2D eigenvalue weighted by Crippen LogP contribution is 2.36. The molecule has 23 heavy (non-hydrogen) atoms. The van der Waals surface area contributed by atoms with Crippen molar-refractivity contribution in [3.8, 4) is 0 Å². The molecule has 2 saturated heterocycles. The van der Waals surface area contributed by atoms with Gasteiger partial charge in [0.25, 0.3) is 0 Å². The zero-order valence-corrected chi connectivity index (χ0v) is 14.6. The molecule has 1 aromatic rings. The van der Waals surface area contributed by atoms with E-state index in [0.29, 0.717) is 6.54 Å². The van der Waals surface area contributed by atoms with E-state index >= 15 is 0 Å². The molecule has 0 spiro atoms. The molecule has 3 rings (SSSR count). The Morgan fingerprint density at radius 2 is 1.57 bits per heavy atom. The number of benzene rings is 1. The molecule has 2 heterocycles. The number of amides is 1. The number of likely N-dealkylation sites (N-methyl/N-ethyl adjacent to an activating group) is 1. The second-order valence-electron chi connectivity index (χ2n) is 7.46. The molecular formula is C17H25BN2O3. The zero-order chi connectivity index (χ0) is 16.8. The van der Waals surface area contributed by atoms with Crippen LogP contribution in [0.5, 0.6) is 0 Å². The number of carbonyl (C=O) groups is 1. The van der Waals surface area contributed by atoms with Gasteiger partial charge in [0.2, 0.25) is 5.91 Å². The van der Waals surface area contributed by atoms with Gasteiger partial charge in [0.15, 0.2) is 0 Å². The lowest BCUT2D eigenvalue weighted by atomic mass is 9.79. The Kier molecular flexibility index (Phi) is 4.03. The Morgan fingerprint density at radius 1 is 1.00 bits per heavy atom. The van der Waals surface area contributed by atoms with Crippen molar-refractivity contribution in [2.75, 3.05) is 31.6 Å². The summed E-state index contributed by atoms with van der Waals surface area (Å²) in [6, 6.07) is 7.93. The van der Waals surface area contributed by atoms with Crippen LogP contribution in [-0.4, -0.2) is 55.8 Å². The van der Waals surface area contributed by atoms with Crippen molar-refractivity contribution in [2.45, 2.75) is 38.9 Å². The van der Waals surface area contributed by atoms with E-state index in [2.05, 4.69) is 0 Å². The first-order valence-corrected chi connectivity index (χ1v) is 8.14. The lowest BCUT2D eigenvalue weighted by Gasteiger charge is -2.32. The summed E-state index contributed by atoms with van der Waals surface area (Å²) in [4.78, 5) is 16.0. The Balaban J connectivity index is 1.75. The molecule has 6 heteroatoms. The molecule has 0 saturated carbocycles. The summed E-state index contributed by atoms with van der Waals surface area (Å²) in [6.07, 6.45) is 0. The summed E-state index contributed by atoms with van der Waals surface area (Å²) >= 11 is 0. The Morgan fingerprint density at radius 3 is 2.09 bits per heavy atom. The van der Waals surface area contributed by atoms with Crippen LogP contribution in [0, 0.1) is 0 Å². The first-order valence-electron chi connectivity index (χ1n) is 8.14. The van der Waals surface area contributed by atoms with E-state index in [4.69, 9.17) is 9.31 Å². The molecule has 1 amide bonds. The van der Waals surface area contributed by atoms with Crippen LogP contribution >= 0.6 is 0 Å². The third-order valence-corrected chi connectivity index (χ3v) is 5.14. The predicted octanol–water partition coefficient (Wildman–Crippen LogP) is 1.26. The lowest BCUT2D eigenvalue weighted by Crippen LogP contribution is -2.49. The maximum atomic E-state index is 12.2. The molecule has 1 aromatic carbocycles. The van der Waals surface area contributed by atoms with Gasteiger partial charge in [-0.1, -0.05) is 12.1 Å². The van der Waals surface area contributed by atoms with Crippen molar-refractivity contribution in [1.82, 2.24) is 4.90 Å². The molecule has 124 valence electrons. The highest BCUT2D eigenvalue weighted by molar-refractivity contribution is 6.62. The summed E-state index contributed by atoms with van der Waals surface area (Å²) in [5.41, 5.74) is 1.23. The van der Waals surface area contributed by atoms with Crippen molar-refractivity contribution in [1.29, 1.82) is 0 Å². The summed E-state index contributed by atoms with van der Waals surface area (Å²) in [5.74, 6) is 0.141. The number of hydrogen-bond acceptors (Lipinski definition) is 4. The van der Waals surface area contributed by atoms with Crippen LogP contribution in [0.25, 0.3) is 0 Å². The Hall–Kier alpha value is -1.37. The van der Waals surface area contributed by atoms with E-state index in [-0.39, 0.29) is 24.2 Å². The SMILES string of the molecule is CN1CCN(c2ccc(B3OC(C)(C)C(C)(C)O3)cc2)C(=O)C1. The molecule has 0 radical (unpaired) electrons. The fourth-order valence-electron chi connectivity index (χ4n) is 2.85. The highest BCUT2D eigenvalue weighted by atomic mass is 16.7. The van der Waals surface area contributed by atoms with Gasteiger partial charge in [-0.05, 0) is 52.3 Å². The van der Waals surface area contributed by atoms with Crippen LogP contribution in [0.1, 0.15) is 27.7 Å². The lowest BCUT2D eigenvalue weighted by molar-refractivity contribution is -0.120. The normalized spacial score (nSPS) is 24.3. The molecule has 0 unspecified atom stereocenters. The third kappa shape index (κ3) is 3.03. The molecule has 2 fully saturated rings. The van der Waals surface area contributed by atoms with Crippen molar-refractivity contribution < 1.29 is 14.1 Å². The van der Waals surface area contributed by atoms with Crippen LogP contribution in [0.3, 0.4) is 0 Å². The van der Waals surface area contributed by atoms with Gasteiger partial charge in [0.1, 0.15) is 0 Å². The van der Waals surface area contributed by atoms with Gasteiger partial charge in [-0.25, -0.2) is 0 Å². The maximum absolute atomic E-state index is 12.2. The average Bonchev–Trinajstić information content (AvgIpc) is 2.68. The fourth-order valence-corrected chi connectivity index (χ4v) is 2.85. The van der Waals surface area contributed by atoms with Gasteiger partial charge in [-0.15, -0.1) is 0 Å². The van der Waals surface area contributed by atoms with Crippen LogP contribution in [0.4, 0.5) is 5.69 Å². The number of nitrogens with zero attached hydrogens (tertiary/aromatic N) is 2.